The van der Waals surface area contributed by atoms with Crippen LogP contribution in [0.15, 0.2) is 40.1 Å². The molecule has 1 amide bonds. The van der Waals surface area contributed by atoms with E-state index in [1.54, 1.807) is 29.2 Å². The number of ether oxygens (including phenoxy) is 1. The van der Waals surface area contributed by atoms with Gasteiger partial charge >= 0.3 is 5.69 Å². The smallest absolute Gasteiger partial charge is 0.328 e. The molecular weight excluding hydrogens is 358 g/mol. The number of hydrogen-bond acceptors (Lipinski definition) is 4. The van der Waals surface area contributed by atoms with E-state index >= 15 is 0 Å². The highest BCUT2D eigenvalue weighted by Gasteiger charge is 2.28. The van der Waals surface area contributed by atoms with E-state index in [0.717, 1.165) is 4.57 Å². The number of rotatable bonds is 3. The van der Waals surface area contributed by atoms with Crippen LogP contribution < -0.4 is 11.2 Å². The van der Waals surface area contributed by atoms with Crippen molar-refractivity contribution >= 4 is 17.5 Å². The topological polar surface area (TPSA) is 84.4 Å². The van der Waals surface area contributed by atoms with Gasteiger partial charge in [-0.3, -0.25) is 14.2 Å². The minimum absolute atomic E-state index is 0.00905. The van der Waals surface area contributed by atoms with Crippen LogP contribution in [0.5, 0.6) is 0 Å². The summed E-state index contributed by atoms with van der Waals surface area (Å²) in [5, 5.41) is 0.450. The average molecular weight is 378 g/mol. The van der Waals surface area contributed by atoms with Crippen molar-refractivity contribution in [3.05, 3.63) is 67.4 Å². The number of aromatic nitrogens is 2. The summed E-state index contributed by atoms with van der Waals surface area (Å²) in [4.78, 5) is 41.8. The van der Waals surface area contributed by atoms with Gasteiger partial charge in [0.05, 0.1) is 18.8 Å². The van der Waals surface area contributed by atoms with Gasteiger partial charge in [-0.1, -0.05) is 29.8 Å². The summed E-state index contributed by atoms with van der Waals surface area (Å²) in [6.07, 6.45) is 0.951. The van der Waals surface area contributed by atoms with Gasteiger partial charge in [-0.15, -0.1) is 0 Å². The molecule has 1 aromatic carbocycles. The summed E-state index contributed by atoms with van der Waals surface area (Å²) in [7, 11) is 0. The fourth-order valence-corrected chi connectivity index (χ4v) is 3.31. The molecular formula is C18H20ClN3O4. The van der Waals surface area contributed by atoms with E-state index in [1.807, 2.05) is 13.8 Å². The number of nitrogens with one attached hydrogen (secondary N) is 1. The number of nitrogens with zero attached hydrogens (tertiary/aromatic N) is 2. The lowest BCUT2D eigenvalue weighted by molar-refractivity contribution is -0.0586. The molecule has 0 aliphatic carbocycles. The highest BCUT2D eigenvalue weighted by Crippen LogP contribution is 2.15. The number of hydrogen-bond donors (Lipinski definition) is 1. The van der Waals surface area contributed by atoms with Crippen LogP contribution in [0.25, 0.3) is 0 Å². The normalized spacial score (nSPS) is 20.2. The Morgan fingerprint density at radius 3 is 2.54 bits per heavy atom. The highest BCUT2D eigenvalue weighted by atomic mass is 35.5. The number of amides is 1. The number of carbonyl (C=O) groups is 1. The quantitative estimate of drug-likeness (QED) is 0.878. The van der Waals surface area contributed by atoms with Crippen LogP contribution in [0, 0.1) is 0 Å². The molecule has 1 aliphatic rings. The van der Waals surface area contributed by atoms with E-state index in [4.69, 9.17) is 16.3 Å². The standard InChI is InChI=1S/C18H20ClN3O4/c1-11-8-21(9-12(2)26-11)16(23)14-7-20-18(25)22(17(14)24)10-13-5-3-4-6-15(13)19/h3-7,11-12H,8-10H2,1-2H3,(H,20,25). The largest absolute Gasteiger partial charge is 0.372 e. The van der Waals surface area contributed by atoms with Gasteiger partial charge in [0.2, 0.25) is 0 Å². The molecule has 3 rings (SSSR count). The molecule has 1 saturated heterocycles. The van der Waals surface area contributed by atoms with Crippen LogP contribution in [0.3, 0.4) is 0 Å². The zero-order chi connectivity index (χ0) is 18.8. The number of carbonyl (C=O) groups excluding carboxylic acids is 1. The molecule has 0 radical (unpaired) electrons. The maximum atomic E-state index is 12.8. The number of benzene rings is 1. The predicted molar refractivity (Wildman–Crippen MR) is 97.8 cm³/mol. The van der Waals surface area contributed by atoms with Gasteiger partial charge < -0.3 is 14.6 Å². The van der Waals surface area contributed by atoms with Crippen molar-refractivity contribution in [2.75, 3.05) is 13.1 Å². The third kappa shape index (κ3) is 3.73. The Hall–Kier alpha value is -2.38. The molecule has 0 spiro atoms. The van der Waals surface area contributed by atoms with Gasteiger partial charge in [-0.25, -0.2) is 4.79 Å². The highest BCUT2D eigenvalue weighted by molar-refractivity contribution is 6.31. The van der Waals surface area contributed by atoms with Gasteiger partial charge in [0, 0.05) is 24.3 Å². The van der Waals surface area contributed by atoms with Crippen molar-refractivity contribution in [3.8, 4) is 0 Å². The number of morpholine rings is 1. The Morgan fingerprint density at radius 2 is 1.88 bits per heavy atom. The Balaban J connectivity index is 1.95. The van der Waals surface area contributed by atoms with Crippen molar-refractivity contribution < 1.29 is 9.53 Å². The van der Waals surface area contributed by atoms with Gasteiger partial charge in [0.25, 0.3) is 11.5 Å². The molecule has 138 valence electrons. The van der Waals surface area contributed by atoms with Crippen LogP contribution in [-0.2, 0) is 11.3 Å². The van der Waals surface area contributed by atoms with Crippen molar-refractivity contribution in [2.45, 2.75) is 32.6 Å². The van der Waals surface area contributed by atoms with Crippen LogP contribution in [0.1, 0.15) is 29.8 Å². The molecule has 1 aliphatic heterocycles. The minimum atomic E-state index is -0.634. The maximum Gasteiger partial charge on any atom is 0.328 e. The molecule has 0 bridgehead atoms. The SMILES string of the molecule is CC1CN(C(=O)c2c[nH]c(=O)n(Cc3ccccc3Cl)c2=O)CC(C)O1. The summed E-state index contributed by atoms with van der Waals surface area (Å²) in [6.45, 7) is 4.53. The second-order valence-electron chi connectivity index (χ2n) is 6.46. The molecule has 7 nitrogen and oxygen atoms in total. The second-order valence-corrected chi connectivity index (χ2v) is 6.86. The number of aromatic amines is 1. The molecule has 2 unspecified atom stereocenters. The number of halogens is 1. The first-order valence-corrected chi connectivity index (χ1v) is 8.75. The average Bonchev–Trinajstić information content (AvgIpc) is 2.59. The monoisotopic (exact) mass is 377 g/mol. The molecule has 2 atom stereocenters. The zero-order valence-corrected chi connectivity index (χ0v) is 15.3. The summed E-state index contributed by atoms with van der Waals surface area (Å²) < 4.78 is 6.61. The molecule has 0 saturated carbocycles. The van der Waals surface area contributed by atoms with Crippen LogP contribution in [-0.4, -0.2) is 45.7 Å². The molecule has 8 heteroatoms. The summed E-state index contributed by atoms with van der Waals surface area (Å²) in [5.41, 5.74) is -0.668. The van der Waals surface area contributed by atoms with E-state index in [2.05, 4.69) is 4.98 Å². The second kappa shape index (κ2) is 7.47. The Labute approximate surface area is 155 Å². The molecule has 1 N–H and O–H groups in total. The molecule has 2 aromatic rings. The lowest BCUT2D eigenvalue weighted by Crippen LogP contribution is -2.50. The van der Waals surface area contributed by atoms with Crippen molar-refractivity contribution in [1.82, 2.24) is 14.5 Å². The number of H-pyrrole nitrogens is 1. The third-order valence-corrected chi connectivity index (χ3v) is 4.65. The molecule has 1 aromatic heterocycles. The summed E-state index contributed by atoms with van der Waals surface area (Å²) in [5.74, 6) is -0.416. The van der Waals surface area contributed by atoms with Gasteiger partial charge in [0.15, 0.2) is 0 Å². The van der Waals surface area contributed by atoms with E-state index in [0.29, 0.717) is 23.7 Å². The molecule has 26 heavy (non-hydrogen) atoms. The first-order chi connectivity index (χ1) is 12.4. The minimum Gasteiger partial charge on any atom is -0.372 e. The summed E-state index contributed by atoms with van der Waals surface area (Å²) >= 11 is 6.12. The first-order valence-electron chi connectivity index (χ1n) is 8.37. The van der Waals surface area contributed by atoms with E-state index in [9.17, 15) is 14.4 Å². The Morgan fingerprint density at radius 1 is 1.23 bits per heavy atom. The van der Waals surface area contributed by atoms with E-state index < -0.39 is 17.2 Å². The van der Waals surface area contributed by atoms with Gasteiger partial charge in [-0.05, 0) is 25.5 Å². The van der Waals surface area contributed by atoms with Crippen LogP contribution in [0.4, 0.5) is 0 Å². The van der Waals surface area contributed by atoms with Crippen molar-refractivity contribution in [1.29, 1.82) is 0 Å². The Kier molecular flexibility index (Phi) is 5.29. The third-order valence-electron chi connectivity index (χ3n) is 4.28. The molecule has 1 fully saturated rings. The first kappa shape index (κ1) is 18.4. The van der Waals surface area contributed by atoms with E-state index in [-0.39, 0.29) is 24.3 Å². The fraction of sp³-hybridized carbons (Fsp3) is 0.389. The maximum absolute atomic E-state index is 12.8. The van der Waals surface area contributed by atoms with Gasteiger partial charge in [0.1, 0.15) is 5.56 Å². The Bertz CT molecular complexity index is 927. The fourth-order valence-electron chi connectivity index (χ4n) is 3.12. The van der Waals surface area contributed by atoms with Crippen LogP contribution in [0.2, 0.25) is 5.02 Å². The van der Waals surface area contributed by atoms with Gasteiger partial charge in [-0.2, -0.15) is 0 Å². The lowest BCUT2D eigenvalue weighted by atomic mass is 10.2. The van der Waals surface area contributed by atoms with Crippen molar-refractivity contribution in [3.63, 3.8) is 0 Å². The van der Waals surface area contributed by atoms with Crippen molar-refractivity contribution in [2.24, 2.45) is 0 Å². The van der Waals surface area contributed by atoms with Crippen LogP contribution >= 0.6 is 11.6 Å². The lowest BCUT2D eigenvalue weighted by Gasteiger charge is -2.35. The predicted octanol–water partition coefficient (Wildman–Crippen LogP) is 1.49. The zero-order valence-electron chi connectivity index (χ0n) is 14.6. The summed E-state index contributed by atoms with van der Waals surface area (Å²) in [6, 6.07) is 6.95. The van der Waals surface area contributed by atoms with E-state index in [1.165, 1.54) is 6.20 Å². The molecule has 2 heterocycles.